The van der Waals surface area contributed by atoms with E-state index in [9.17, 15) is 4.79 Å². The normalized spacial score (nSPS) is 17.4. The van der Waals surface area contributed by atoms with E-state index >= 15 is 0 Å². The zero-order valence-corrected chi connectivity index (χ0v) is 15.8. The fourth-order valence-corrected chi connectivity index (χ4v) is 4.30. The topological polar surface area (TPSA) is 45.6 Å². The molecule has 128 valence electrons. The summed E-state index contributed by atoms with van der Waals surface area (Å²) in [5.74, 6) is -0.0986. The molecule has 3 heterocycles. The minimum absolute atomic E-state index is 0.0986. The number of aromatic nitrogens is 1. The van der Waals surface area contributed by atoms with Gasteiger partial charge in [0, 0.05) is 17.3 Å². The fourth-order valence-electron chi connectivity index (χ4n) is 2.42. The predicted molar refractivity (Wildman–Crippen MR) is 110 cm³/mol. The van der Waals surface area contributed by atoms with Crippen LogP contribution in [0.15, 0.2) is 76.2 Å². The van der Waals surface area contributed by atoms with Crippen LogP contribution in [0.4, 0.5) is 11.4 Å². The van der Waals surface area contributed by atoms with Crippen molar-refractivity contribution in [2.24, 2.45) is 4.99 Å². The van der Waals surface area contributed by atoms with E-state index in [2.05, 4.69) is 9.98 Å². The monoisotopic (exact) mass is 397 g/mol. The molecule has 1 aromatic carbocycles. The van der Waals surface area contributed by atoms with Gasteiger partial charge in [0.25, 0.3) is 5.91 Å². The number of hydrogen-bond acceptors (Lipinski definition) is 5. The molecule has 1 amide bonds. The quantitative estimate of drug-likeness (QED) is 0.540. The van der Waals surface area contributed by atoms with Gasteiger partial charge in [-0.15, -0.1) is 11.3 Å². The van der Waals surface area contributed by atoms with Crippen molar-refractivity contribution >= 4 is 63.2 Å². The van der Waals surface area contributed by atoms with Crippen molar-refractivity contribution in [2.45, 2.75) is 0 Å². The minimum atomic E-state index is -0.0986. The van der Waals surface area contributed by atoms with Gasteiger partial charge in [0.15, 0.2) is 5.17 Å². The third-order valence-corrected chi connectivity index (χ3v) is 5.68. The van der Waals surface area contributed by atoms with E-state index in [1.54, 1.807) is 28.5 Å². The molecular formula is C19H12ClN3OS2. The second-order valence-corrected chi connectivity index (χ2v) is 7.72. The molecule has 1 fully saturated rings. The molecule has 2 aromatic heterocycles. The van der Waals surface area contributed by atoms with E-state index in [4.69, 9.17) is 11.6 Å². The maximum atomic E-state index is 13.0. The molecule has 0 unspecified atom stereocenters. The Morgan fingerprint density at radius 3 is 2.69 bits per heavy atom. The number of thioether (sulfide) groups is 1. The number of carbonyl (C=O) groups excluding carboxylic acids is 1. The van der Waals surface area contributed by atoms with Gasteiger partial charge in [0.05, 0.1) is 21.3 Å². The van der Waals surface area contributed by atoms with Gasteiger partial charge in [-0.05, 0) is 47.5 Å². The number of hydrogen-bond donors (Lipinski definition) is 0. The van der Waals surface area contributed by atoms with Gasteiger partial charge in [-0.25, -0.2) is 4.99 Å². The average molecular weight is 398 g/mol. The Labute approximate surface area is 163 Å². The number of amides is 1. The van der Waals surface area contributed by atoms with E-state index in [0.29, 0.717) is 20.8 Å². The van der Waals surface area contributed by atoms with E-state index in [1.165, 1.54) is 18.0 Å². The molecule has 4 nitrogen and oxygen atoms in total. The van der Waals surface area contributed by atoms with Crippen molar-refractivity contribution in [1.82, 2.24) is 4.98 Å². The molecule has 1 saturated heterocycles. The van der Waals surface area contributed by atoms with Crippen LogP contribution in [0.1, 0.15) is 4.88 Å². The van der Waals surface area contributed by atoms with Crippen molar-refractivity contribution in [3.05, 3.63) is 81.1 Å². The summed E-state index contributed by atoms with van der Waals surface area (Å²) < 4.78 is 0. The van der Waals surface area contributed by atoms with Crippen LogP contribution in [0.3, 0.4) is 0 Å². The number of benzene rings is 1. The summed E-state index contributed by atoms with van der Waals surface area (Å²) in [5, 5.41) is 2.99. The van der Waals surface area contributed by atoms with Crippen molar-refractivity contribution in [3.63, 3.8) is 0 Å². The number of amidine groups is 1. The number of aliphatic imine (C=N–C) groups is 1. The summed E-state index contributed by atoms with van der Waals surface area (Å²) in [5.41, 5.74) is 1.35. The number of nitrogens with zero attached hydrogens (tertiary/aromatic N) is 3. The second-order valence-electron chi connectivity index (χ2n) is 5.32. The number of rotatable bonds is 3. The maximum absolute atomic E-state index is 13.0. The van der Waals surface area contributed by atoms with Crippen molar-refractivity contribution in [2.75, 3.05) is 4.90 Å². The van der Waals surface area contributed by atoms with Crippen LogP contribution in [-0.2, 0) is 4.79 Å². The average Bonchev–Trinajstić information content (AvgIpc) is 3.27. The lowest BCUT2D eigenvalue weighted by Crippen LogP contribution is -2.28. The van der Waals surface area contributed by atoms with Crippen LogP contribution in [0, 0.1) is 0 Å². The van der Waals surface area contributed by atoms with E-state index in [0.717, 1.165) is 10.6 Å². The Morgan fingerprint density at radius 1 is 1.12 bits per heavy atom. The Kier molecular flexibility index (Phi) is 4.88. The molecule has 4 rings (SSSR count). The van der Waals surface area contributed by atoms with Gasteiger partial charge in [0.1, 0.15) is 0 Å². The van der Waals surface area contributed by atoms with Gasteiger partial charge in [-0.2, -0.15) is 0 Å². The molecule has 0 saturated carbocycles. The molecule has 0 N–H and O–H groups in total. The lowest BCUT2D eigenvalue weighted by atomic mass is 10.3. The molecule has 0 bridgehead atoms. The van der Waals surface area contributed by atoms with Crippen LogP contribution < -0.4 is 4.90 Å². The van der Waals surface area contributed by atoms with Crippen LogP contribution in [0.2, 0.25) is 5.02 Å². The Morgan fingerprint density at radius 2 is 1.96 bits per heavy atom. The predicted octanol–water partition coefficient (Wildman–Crippen LogP) is 5.61. The van der Waals surface area contributed by atoms with Gasteiger partial charge < -0.3 is 0 Å². The number of thiophene rings is 1. The molecule has 0 radical (unpaired) electrons. The molecule has 0 atom stereocenters. The fraction of sp³-hybridized carbons (Fsp3) is 0. The second kappa shape index (κ2) is 7.45. The zero-order valence-electron chi connectivity index (χ0n) is 13.4. The Bertz CT molecular complexity index is 1000. The Hall–Kier alpha value is -2.41. The lowest BCUT2D eigenvalue weighted by Gasteiger charge is -2.15. The Balaban J connectivity index is 1.80. The van der Waals surface area contributed by atoms with Gasteiger partial charge in [-0.3, -0.25) is 14.7 Å². The number of carbonyl (C=O) groups is 1. The molecule has 7 heteroatoms. The standard InChI is InChI=1S/C19H12ClN3OS2/c20-15-12-21-9-8-16(15)22-19-23(13-5-2-1-3-6-13)18(24)17(26-19)11-14-7-4-10-25-14/h1-12H/b17-11+,22-19?. The molecule has 1 aliphatic rings. The summed E-state index contributed by atoms with van der Waals surface area (Å²) in [6.45, 7) is 0. The minimum Gasteiger partial charge on any atom is -0.268 e. The lowest BCUT2D eigenvalue weighted by molar-refractivity contribution is -0.113. The summed E-state index contributed by atoms with van der Waals surface area (Å²) in [6, 6.07) is 15.1. The highest BCUT2D eigenvalue weighted by Crippen LogP contribution is 2.38. The molecule has 3 aromatic rings. The summed E-state index contributed by atoms with van der Waals surface area (Å²) in [6.07, 6.45) is 5.06. The number of halogens is 1. The van der Waals surface area contributed by atoms with Crippen molar-refractivity contribution in [1.29, 1.82) is 0 Å². The first-order valence-electron chi connectivity index (χ1n) is 7.73. The molecular weight excluding hydrogens is 386 g/mol. The van der Waals surface area contributed by atoms with Gasteiger partial charge in [-0.1, -0.05) is 35.9 Å². The van der Waals surface area contributed by atoms with Crippen LogP contribution >= 0.6 is 34.7 Å². The summed E-state index contributed by atoms with van der Waals surface area (Å²) in [7, 11) is 0. The third kappa shape index (κ3) is 3.44. The van der Waals surface area contributed by atoms with Crippen molar-refractivity contribution in [3.8, 4) is 0 Å². The largest absolute Gasteiger partial charge is 0.271 e. The van der Waals surface area contributed by atoms with Crippen molar-refractivity contribution < 1.29 is 4.79 Å². The first kappa shape index (κ1) is 17.0. The van der Waals surface area contributed by atoms with E-state index in [1.807, 2.05) is 53.9 Å². The highest BCUT2D eigenvalue weighted by atomic mass is 35.5. The maximum Gasteiger partial charge on any atom is 0.271 e. The molecule has 0 spiro atoms. The zero-order chi connectivity index (χ0) is 17.9. The smallest absolute Gasteiger partial charge is 0.268 e. The van der Waals surface area contributed by atoms with Crippen LogP contribution in [0.25, 0.3) is 6.08 Å². The first-order valence-corrected chi connectivity index (χ1v) is 9.80. The molecule has 0 aliphatic carbocycles. The highest BCUT2D eigenvalue weighted by molar-refractivity contribution is 8.19. The van der Waals surface area contributed by atoms with Crippen LogP contribution in [-0.4, -0.2) is 16.1 Å². The van der Waals surface area contributed by atoms with Crippen LogP contribution in [0.5, 0.6) is 0 Å². The number of anilines is 1. The third-order valence-electron chi connectivity index (χ3n) is 3.60. The number of para-hydroxylation sites is 1. The molecule has 26 heavy (non-hydrogen) atoms. The summed E-state index contributed by atoms with van der Waals surface area (Å²) >= 11 is 9.11. The highest BCUT2D eigenvalue weighted by Gasteiger charge is 2.34. The number of pyridine rings is 1. The molecule has 1 aliphatic heterocycles. The van der Waals surface area contributed by atoms with E-state index < -0.39 is 0 Å². The van der Waals surface area contributed by atoms with Gasteiger partial charge >= 0.3 is 0 Å². The summed E-state index contributed by atoms with van der Waals surface area (Å²) in [4.78, 5) is 24.9. The van der Waals surface area contributed by atoms with Gasteiger partial charge in [0.2, 0.25) is 0 Å². The van der Waals surface area contributed by atoms with E-state index in [-0.39, 0.29) is 5.91 Å². The SMILES string of the molecule is O=C1/C(=C\c2cccs2)SC(=Nc2ccncc2Cl)N1c1ccccc1. The first-order chi connectivity index (χ1) is 12.7.